The highest BCUT2D eigenvalue weighted by Crippen LogP contribution is 2.18. The molecule has 1 aromatic rings. The van der Waals surface area contributed by atoms with Gasteiger partial charge in [0.1, 0.15) is 0 Å². The van der Waals surface area contributed by atoms with Crippen molar-refractivity contribution in [3.05, 3.63) is 31.8 Å². The molecule has 0 atom stereocenters. The van der Waals surface area contributed by atoms with E-state index >= 15 is 0 Å². The maximum atomic E-state index is 5.04. The average Bonchev–Trinajstić information content (AvgIpc) is 2.27. The molecule has 16 heavy (non-hydrogen) atoms. The Labute approximate surface area is 118 Å². The van der Waals surface area contributed by atoms with Crippen LogP contribution in [0.25, 0.3) is 0 Å². The normalized spacial score (nSPS) is 11.6. The minimum absolute atomic E-state index is 0.279. The first-order chi connectivity index (χ1) is 7.67. The van der Waals surface area contributed by atoms with Crippen LogP contribution in [0.5, 0.6) is 0 Å². The molecular formula is C11H13BrINO2. The van der Waals surface area contributed by atoms with E-state index in [1.807, 2.05) is 24.4 Å². The van der Waals surface area contributed by atoms with Gasteiger partial charge in [-0.1, -0.05) is 22.0 Å². The van der Waals surface area contributed by atoms with Crippen molar-refractivity contribution >= 4 is 44.7 Å². The van der Waals surface area contributed by atoms with Gasteiger partial charge in [-0.3, -0.25) is 4.99 Å². The van der Waals surface area contributed by atoms with Gasteiger partial charge in [0.25, 0.3) is 0 Å². The first kappa shape index (κ1) is 14.1. The van der Waals surface area contributed by atoms with Crippen LogP contribution in [0.1, 0.15) is 5.56 Å². The molecule has 0 spiro atoms. The van der Waals surface area contributed by atoms with Gasteiger partial charge >= 0.3 is 0 Å². The van der Waals surface area contributed by atoms with Gasteiger partial charge in [-0.2, -0.15) is 0 Å². The number of nitrogens with zero attached hydrogens (tertiary/aromatic N) is 1. The molecule has 1 rings (SSSR count). The molecule has 0 fully saturated rings. The highest BCUT2D eigenvalue weighted by atomic mass is 127. The predicted molar refractivity (Wildman–Crippen MR) is 77.1 cm³/mol. The maximum Gasteiger partial charge on any atom is 0.176 e. The fourth-order valence-corrected chi connectivity index (χ4v) is 2.49. The molecule has 5 heteroatoms. The Morgan fingerprint density at radius 3 is 2.69 bits per heavy atom. The van der Waals surface area contributed by atoms with E-state index in [4.69, 9.17) is 9.47 Å². The third kappa shape index (κ3) is 4.48. The highest BCUT2D eigenvalue weighted by Gasteiger charge is 2.02. The Morgan fingerprint density at radius 1 is 1.44 bits per heavy atom. The standard InChI is InChI=1S/C11H13BrINO2/c1-15-11(16-2)7-14-6-8-3-4-9(13)5-10(8)12/h3-6,11H,7H2,1-2H3. The summed E-state index contributed by atoms with van der Waals surface area (Å²) in [6.45, 7) is 0.491. The largest absolute Gasteiger partial charge is 0.354 e. The third-order valence-electron chi connectivity index (χ3n) is 1.97. The SMILES string of the molecule is COC(CN=Cc1ccc(I)cc1Br)OC. The third-order valence-corrected chi connectivity index (χ3v) is 3.33. The molecule has 0 N–H and O–H groups in total. The summed E-state index contributed by atoms with van der Waals surface area (Å²) in [5.74, 6) is 0. The minimum atomic E-state index is -0.279. The summed E-state index contributed by atoms with van der Waals surface area (Å²) in [6, 6.07) is 6.10. The molecule has 0 heterocycles. The number of methoxy groups -OCH3 is 2. The molecule has 0 saturated carbocycles. The van der Waals surface area contributed by atoms with Gasteiger partial charge in [0.2, 0.25) is 0 Å². The molecule has 0 amide bonds. The van der Waals surface area contributed by atoms with Crippen molar-refractivity contribution in [2.75, 3.05) is 20.8 Å². The second-order valence-corrected chi connectivity index (χ2v) is 5.16. The Kier molecular flexibility index (Phi) is 6.48. The second-order valence-electron chi connectivity index (χ2n) is 3.06. The zero-order chi connectivity index (χ0) is 12.0. The molecule has 88 valence electrons. The van der Waals surface area contributed by atoms with E-state index in [-0.39, 0.29) is 6.29 Å². The topological polar surface area (TPSA) is 30.8 Å². The van der Waals surface area contributed by atoms with Crippen molar-refractivity contribution in [1.82, 2.24) is 0 Å². The number of halogens is 2. The van der Waals surface area contributed by atoms with Gasteiger partial charge in [-0.05, 0) is 34.7 Å². The lowest BCUT2D eigenvalue weighted by Crippen LogP contribution is -2.16. The van der Waals surface area contributed by atoms with Crippen molar-refractivity contribution in [2.45, 2.75) is 6.29 Å². The first-order valence-corrected chi connectivity index (χ1v) is 6.55. The lowest BCUT2D eigenvalue weighted by atomic mass is 10.2. The van der Waals surface area contributed by atoms with E-state index in [2.05, 4.69) is 43.5 Å². The van der Waals surface area contributed by atoms with Crippen LogP contribution in [0.3, 0.4) is 0 Å². The molecule has 0 saturated heterocycles. The Morgan fingerprint density at radius 2 is 2.12 bits per heavy atom. The Bertz CT molecular complexity index is 367. The van der Waals surface area contributed by atoms with Gasteiger partial charge in [0, 0.05) is 34.0 Å². The molecule has 3 nitrogen and oxygen atoms in total. The summed E-state index contributed by atoms with van der Waals surface area (Å²) < 4.78 is 12.3. The van der Waals surface area contributed by atoms with Crippen LogP contribution in [-0.4, -0.2) is 33.3 Å². The molecule has 1 aromatic carbocycles. The molecule has 0 aromatic heterocycles. The van der Waals surface area contributed by atoms with E-state index in [1.54, 1.807) is 14.2 Å². The number of ether oxygens (including phenoxy) is 2. The fourth-order valence-electron chi connectivity index (χ4n) is 1.09. The van der Waals surface area contributed by atoms with Gasteiger partial charge < -0.3 is 9.47 Å². The molecule has 0 unspecified atom stereocenters. The van der Waals surface area contributed by atoms with Crippen LogP contribution in [0.4, 0.5) is 0 Å². The maximum absolute atomic E-state index is 5.04. The zero-order valence-corrected chi connectivity index (χ0v) is 12.9. The minimum Gasteiger partial charge on any atom is -0.354 e. The van der Waals surface area contributed by atoms with Gasteiger partial charge in [0.15, 0.2) is 6.29 Å². The molecule has 0 radical (unpaired) electrons. The monoisotopic (exact) mass is 397 g/mol. The van der Waals surface area contributed by atoms with Crippen molar-refractivity contribution in [3.8, 4) is 0 Å². The summed E-state index contributed by atoms with van der Waals surface area (Å²) in [5.41, 5.74) is 1.05. The van der Waals surface area contributed by atoms with Crippen molar-refractivity contribution in [2.24, 2.45) is 4.99 Å². The van der Waals surface area contributed by atoms with Crippen molar-refractivity contribution in [1.29, 1.82) is 0 Å². The molecule has 0 bridgehead atoms. The Balaban J connectivity index is 2.62. The molecule has 0 aliphatic heterocycles. The summed E-state index contributed by atoms with van der Waals surface area (Å²) >= 11 is 5.76. The van der Waals surface area contributed by atoms with E-state index in [0.717, 1.165) is 10.0 Å². The smallest absolute Gasteiger partial charge is 0.176 e. The van der Waals surface area contributed by atoms with Crippen LogP contribution in [0.15, 0.2) is 27.7 Å². The zero-order valence-electron chi connectivity index (χ0n) is 9.11. The van der Waals surface area contributed by atoms with E-state index < -0.39 is 0 Å². The summed E-state index contributed by atoms with van der Waals surface area (Å²) in [4.78, 5) is 4.27. The van der Waals surface area contributed by atoms with Crippen LogP contribution in [0, 0.1) is 3.57 Å². The highest BCUT2D eigenvalue weighted by molar-refractivity contribution is 14.1. The van der Waals surface area contributed by atoms with Crippen LogP contribution >= 0.6 is 38.5 Å². The van der Waals surface area contributed by atoms with Gasteiger partial charge in [0.05, 0.1) is 6.54 Å². The number of hydrogen-bond donors (Lipinski definition) is 0. The van der Waals surface area contributed by atoms with E-state index in [0.29, 0.717) is 6.54 Å². The molecule has 0 aliphatic carbocycles. The quantitative estimate of drug-likeness (QED) is 0.434. The first-order valence-electron chi connectivity index (χ1n) is 4.68. The van der Waals surface area contributed by atoms with Crippen LogP contribution in [0.2, 0.25) is 0 Å². The summed E-state index contributed by atoms with van der Waals surface area (Å²) in [5, 5.41) is 0. The van der Waals surface area contributed by atoms with Gasteiger partial charge in [-0.25, -0.2) is 0 Å². The van der Waals surface area contributed by atoms with Crippen LogP contribution < -0.4 is 0 Å². The summed E-state index contributed by atoms with van der Waals surface area (Å²) in [6.07, 6.45) is 1.53. The second kappa shape index (κ2) is 7.37. The van der Waals surface area contributed by atoms with Crippen molar-refractivity contribution < 1.29 is 9.47 Å². The fraction of sp³-hybridized carbons (Fsp3) is 0.364. The lowest BCUT2D eigenvalue weighted by Gasteiger charge is -2.09. The van der Waals surface area contributed by atoms with Gasteiger partial charge in [-0.15, -0.1) is 0 Å². The Hall–Kier alpha value is 0.0200. The number of benzene rings is 1. The predicted octanol–water partition coefficient (Wildman–Crippen LogP) is 3.09. The molecule has 0 aliphatic rings. The van der Waals surface area contributed by atoms with Crippen LogP contribution in [-0.2, 0) is 9.47 Å². The summed E-state index contributed by atoms with van der Waals surface area (Å²) in [7, 11) is 3.20. The van der Waals surface area contributed by atoms with Crippen molar-refractivity contribution in [3.63, 3.8) is 0 Å². The lowest BCUT2D eigenvalue weighted by molar-refractivity contribution is -0.0936. The number of hydrogen-bond acceptors (Lipinski definition) is 3. The number of aliphatic imine (C=N–C) groups is 1. The average molecular weight is 398 g/mol. The van der Waals surface area contributed by atoms with E-state index in [9.17, 15) is 0 Å². The number of rotatable bonds is 5. The van der Waals surface area contributed by atoms with E-state index in [1.165, 1.54) is 3.57 Å². The molecular weight excluding hydrogens is 385 g/mol.